The van der Waals surface area contributed by atoms with Gasteiger partial charge in [0.15, 0.2) is 5.84 Å². The standard InChI is InChI=1S/C15H9BrN4/c16-10-3-1-9(2-4-10)15-19-13-7-11-12(8-14(13)20-15)18-6-5-17-11/h1-7H,8H2. The lowest BCUT2D eigenvalue weighted by Crippen LogP contribution is -2.12. The van der Waals surface area contributed by atoms with Crippen molar-refractivity contribution in [2.24, 2.45) is 9.98 Å². The molecule has 0 fully saturated rings. The van der Waals surface area contributed by atoms with E-state index in [-0.39, 0.29) is 0 Å². The van der Waals surface area contributed by atoms with Crippen molar-refractivity contribution in [1.29, 1.82) is 0 Å². The fourth-order valence-corrected chi connectivity index (χ4v) is 2.55. The topological polar surface area (TPSA) is 50.5 Å². The van der Waals surface area contributed by atoms with Crippen LogP contribution in [0.15, 0.2) is 56.8 Å². The Balaban J connectivity index is 1.76. The maximum Gasteiger partial charge on any atom is 0.160 e. The van der Waals surface area contributed by atoms with E-state index in [4.69, 9.17) is 0 Å². The lowest BCUT2D eigenvalue weighted by atomic mass is 10.0. The fraction of sp³-hybridized carbons (Fsp3) is 0.0667. The first-order valence-electron chi connectivity index (χ1n) is 6.24. The maximum absolute atomic E-state index is 4.62. The number of rotatable bonds is 1. The van der Waals surface area contributed by atoms with E-state index >= 15 is 0 Å². The van der Waals surface area contributed by atoms with E-state index in [1.807, 2.05) is 30.3 Å². The van der Waals surface area contributed by atoms with E-state index in [0.717, 1.165) is 38.7 Å². The number of amidine groups is 1. The summed E-state index contributed by atoms with van der Waals surface area (Å²) in [5.41, 5.74) is 4.73. The molecule has 0 amide bonds. The summed E-state index contributed by atoms with van der Waals surface area (Å²) in [5, 5.41) is 0. The van der Waals surface area contributed by atoms with Crippen molar-refractivity contribution in [2.45, 2.75) is 6.42 Å². The molecule has 0 unspecified atom stereocenters. The summed E-state index contributed by atoms with van der Waals surface area (Å²) >= 11 is 3.43. The van der Waals surface area contributed by atoms with Crippen molar-refractivity contribution < 1.29 is 0 Å². The van der Waals surface area contributed by atoms with Crippen LogP contribution in [0.1, 0.15) is 17.0 Å². The lowest BCUT2D eigenvalue weighted by molar-refractivity contribution is 1.05. The Kier molecular flexibility index (Phi) is 2.60. The van der Waals surface area contributed by atoms with Gasteiger partial charge in [-0.05, 0) is 18.2 Å². The van der Waals surface area contributed by atoms with Gasteiger partial charge in [-0.25, -0.2) is 9.98 Å². The van der Waals surface area contributed by atoms with Crippen molar-refractivity contribution >= 4 is 33.6 Å². The molecule has 4 rings (SSSR count). The molecule has 5 heteroatoms. The summed E-state index contributed by atoms with van der Waals surface area (Å²) in [7, 11) is 0. The summed E-state index contributed by atoms with van der Waals surface area (Å²) in [6.45, 7) is 0. The van der Waals surface area contributed by atoms with Gasteiger partial charge >= 0.3 is 0 Å². The fourth-order valence-electron chi connectivity index (χ4n) is 2.28. The summed E-state index contributed by atoms with van der Waals surface area (Å²) in [4.78, 5) is 17.9. The summed E-state index contributed by atoms with van der Waals surface area (Å²) in [5.74, 6) is 0.756. The minimum Gasteiger partial charge on any atom is -0.257 e. The average Bonchev–Trinajstić information content (AvgIpc) is 2.88. The highest BCUT2D eigenvalue weighted by molar-refractivity contribution is 9.10. The van der Waals surface area contributed by atoms with Gasteiger partial charge in [-0.3, -0.25) is 9.97 Å². The molecule has 1 aromatic heterocycles. The molecule has 0 saturated heterocycles. The molecule has 1 aliphatic carbocycles. The van der Waals surface area contributed by atoms with Crippen LogP contribution < -0.4 is 0 Å². The zero-order valence-electron chi connectivity index (χ0n) is 10.4. The monoisotopic (exact) mass is 324 g/mol. The predicted octanol–water partition coefficient (Wildman–Crippen LogP) is 3.04. The quantitative estimate of drug-likeness (QED) is 0.809. The molecule has 0 radical (unpaired) electrons. The number of aliphatic imine (C=N–C) groups is 2. The second-order valence-electron chi connectivity index (χ2n) is 4.60. The van der Waals surface area contributed by atoms with Crippen LogP contribution in [0.3, 0.4) is 0 Å². The van der Waals surface area contributed by atoms with Crippen LogP contribution in [0.25, 0.3) is 6.08 Å². The normalized spacial score (nSPS) is 15.9. The molecule has 0 spiro atoms. The summed E-state index contributed by atoms with van der Waals surface area (Å²) in [6.07, 6.45) is 6.06. The second-order valence-corrected chi connectivity index (χ2v) is 5.51. The minimum atomic E-state index is 0.693. The molecule has 0 N–H and O–H groups in total. The molecule has 1 aliphatic heterocycles. The van der Waals surface area contributed by atoms with Crippen molar-refractivity contribution in [3.05, 3.63) is 63.8 Å². The third-order valence-electron chi connectivity index (χ3n) is 3.28. The Morgan fingerprint density at radius 1 is 0.950 bits per heavy atom. The number of allylic oxidation sites excluding steroid dienone is 1. The van der Waals surface area contributed by atoms with Gasteiger partial charge in [-0.1, -0.05) is 28.1 Å². The molecule has 0 bridgehead atoms. The molecule has 2 aliphatic rings. The molecule has 2 heterocycles. The first-order chi connectivity index (χ1) is 9.79. The van der Waals surface area contributed by atoms with E-state index in [1.165, 1.54) is 0 Å². The van der Waals surface area contributed by atoms with Gasteiger partial charge in [0.1, 0.15) is 0 Å². The third kappa shape index (κ3) is 1.91. The molecule has 0 atom stereocenters. The van der Waals surface area contributed by atoms with Crippen LogP contribution in [0.2, 0.25) is 0 Å². The van der Waals surface area contributed by atoms with Gasteiger partial charge in [0.2, 0.25) is 0 Å². The van der Waals surface area contributed by atoms with Crippen LogP contribution in [0.4, 0.5) is 0 Å². The maximum atomic E-state index is 4.62. The van der Waals surface area contributed by atoms with Crippen molar-refractivity contribution in [2.75, 3.05) is 0 Å². The highest BCUT2D eigenvalue weighted by Crippen LogP contribution is 2.25. The molecule has 2 aromatic rings. The van der Waals surface area contributed by atoms with Gasteiger partial charge in [0, 0.05) is 28.9 Å². The molecule has 4 nitrogen and oxygen atoms in total. The first-order valence-corrected chi connectivity index (χ1v) is 7.03. The van der Waals surface area contributed by atoms with E-state index < -0.39 is 0 Å². The lowest BCUT2D eigenvalue weighted by Gasteiger charge is -2.10. The van der Waals surface area contributed by atoms with Crippen LogP contribution >= 0.6 is 15.9 Å². The number of halogens is 1. The van der Waals surface area contributed by atoms with E-state index in [2.05, 4.69) is 35.9 Å². The number of nitrogens with zero attached hydrogens (tertiary/aromatic N) is 4. The minimum absolute atomic E-state index is 0.693. The molecule has 1 aromatic carbocycles. The summed E-state index contributed by atoms with van der Waals surface area (Å²) in [6, 6.07) is 8.00. The van der Waals surface area contributed by atoms with Gasteiger partial charge < -0.3 is 0 Å². The van der Waals surface area contributed by atoms with E-state index in [1.54, 1.807) is 12.4 Å². The number of aromatic nitrogens is 2. The molecule has 96 valence electrons. The van der Waals surface area contributed by atoms with Crippen LogP contribution in [0, 0.1) is 0 Å². The van der Waals surface area contributed by atoms with Gasteiger partial charge in [0.05, 0.1) is 22.8 Å². The Hall–Kier alpha value is -2.14. The third-order valence-corrected chi connectivity index (χ3v) is 3.81. The number of fused-ring (bicyclic) bond motifs is 2. The highest BCUT2D eigenvalue weighted by atomic mass is 79.9. The number of hydrogen-bond acceptors (Lipinski definition) is 4. The van der Waals surface area contributed by atoms with Crippen molar-refractivity contribution in [1.82, 2.24) is 9.97 Å². The van der Waals surface area contributed by atoms with Crippen molar-refractivity contribution in [3.63, 3.8) is 0 Å². The Labute approximate surface area is 124 Å². The molecule has 20 heavy (non-hydrogen) atoms. The van der Waals surface area contributed by atoms with Crippen LogP contribution in [-0.4, -0.2) is 21.5 Å². The molecular weight excluding hydrogens is 316 g/mol. The number of hydrogen-bond donors (Lipinski definition) is 0. The van der Waals surface area contributed by atoms with Crippen LogP contribution in [0.5, 0.6) is 0 Å². The molecule has 0 saturated carbocycles. The molecular formula is C15H9BrN4. The predicted molar refractivity (Wildman–Crippen MR) is 81.8 cm³/mol. The first kappa shape index (κ1) is 11.7. The van der Waals surface area contributed by atoms with E-state index in [9.17, 15) is 0 Å². The Morgan fingerprint density at radius 3 is 2.60 bits per heavy atom. The van der Waals surface area contributed by atoms with E-state index in [0.29, 0.717) is 6.42 Å². The zero-order chi connectivity index (χ0) is 13.5. The Bertz CT molecular complexity index is 788. The Morgan fingerprint density at radius 2 is 1.75 bits per heavy atom. The zero-order valence-corrected chi connectivity index (χ0v) is 12.0. The van der Waals surface area contributed by atoms with Crippen molar-refractivity contribution in [3.8, 4) is 0 Å². The highest BCUT2D eigenvalue weighted by Gasteiger charge is 2.23. The van der Waals surface area contributed by atoms with Gasteiger partial charge in [-0.15, -0.1) is 0 Å². The number of benzene rings is 1. The second kappa shape index (κ2) is 4.45. The average molecular weight is 325 g/mol. The van der Waals surface area contributed by atoms with Gasteiger partial charge in [0.25, 0.3) is 0 Å². The largest absolute Gasteiger partial charge is 0.257 e. The van der Waals surface area contributed by atoms with Crippen LogP contribution in [-0.2, 0) is 6.42 Å². The summed E-state index contributed by atoms with van der Waals surface area (Å²) < 4.78 is 1.05. The SMILES string of the molecule is Brc1ccc(C2=NC3=Cc4nccnc4CC3=N2)cc1. The smallest absolute Gasteiger partial charge is 0.160 e. The van der Waals surface area contributed by atoms with Gasteiger partial charge in [-0.2, -0.15) is 0 Å².